The third-order valence-electron chi connectivity index (χ3n) is 5.21. The summed E-state index contributed by atoms with van der Waals surface area (Å²) in [6.07, 6.45) is 1.45. The van der Waals surface area contributed by atoms with Gasteiger partial charge in [-0.05, 0) is 43.0 Å². The van der Waals surface area contributed by atoms with Gasteiger partial charge in [-0.3, -0.25) is 9.78 Å². The number of halogens is 3. The number of nitrogens with zero attached hydrogens (tertiary/aromatic N) is 1. The first-order chi connectivity index (χ1) is 13.8. The number of hydrogen-bond donors (Lipinski definition) is 2. The van der Waals surface area contributed by atoms with Crippen LogP contribution in [0.1, 0.15) is 36.1 Å². The fraction of sp³-hybridized carbons (Fsp3) is 0.429. The number of aliphatic hydroxyl groups is 2. The summed E-state index contributed by atoms with van der Waals surface area (Å²) in [6, 6.07) is 6.94. The average molecular weight is 442 g/mol. The molecule has 0 aliphatic heterocycles. The minimum Gasteiger partial charge on any atom is -0.396 e. The predicted molar refractivity (Wildman–Crippen MR) is 109 cm³/mol. The molecule has 0 amide bonds. The van der Waals surface area contributed by atoms with Gasteiger partial charge < -0.3 is 10.2 Å². The number of ketones is 1. The molecule has 3 rings (SSSR count). The number of fused-ring (bicyclic) bond motifs is 1. The Balaban J connectivity index is 1.81. The molecule has 0 fully saturated rings. The van der Waals surface area contributed by atoms with Gasteiger partial charge in [0.15, 0.2) is 11.5 Å². The van der Waals surface area contributed by atoms with E-state index < -0.39 is 22.9 Å². The van der Waals surface area contributed by atoms with E-state index in [1.165, 1.54) is 36.2 Å². The van der Waals surface area contributed by atoms with Crippen LogP contribution in [0, 0.1) is 5.82 Å². The molecular weight excluding hydrogens is 420 g/mol. The summed E-state index contributed by atoms with van der Waals surface area (Å²) in [5, 5.41) is 20.2. The molecule has 2 aromatic rings. The van der Waals surface area contributed by atoms with Crippen LogP contribution in [0.5, 0.6) is 0 Å². The number of pyridine rings is 1. The Kier molecular flexibility index (Phi) is 6.94. The van der Waals surface area contributed by atoms with Crippen molar-refractivity contribution in [3.63, 3.8) is 0 Å². The number of carbonyl (C=O) groups excluding carboxylic acids is 1. The second-order valence-corrected chi connectivity index (χ2v) is 8.68. The molecule has 0 spiro atoms. The summed E-state index contributed by atoms with van der Waals surface area (Å²) in [7, 11) is 0. The zero-order valence-corrected chi connectivity index (χ0v) is 17.3. The molecular formula is C21H22ClF2NO3S. The molecule has 1 aliphatic carbocycles. The van der Waals surface area contributed by atoms with E-state index in [0.717, 1.165) is 6.07 Å². The molecule has 0 saturated heterocycles. The normalized spacial score (nSPS) is 23.6. The second kappa shape index (κ2) is 9.08. The van der Waals surface area contributed by atoms with Crippen LogP contribution >= 0.6 is 23.4 Å². The largest absolute Gasteiger partial charge is 0.396 e. The van der Waals surface area contributed by atoms with E-state index in [1.807, 2.05) is 0 Å². The van der Waals surface area contributed by atoms with Crippen molar-refractivity contribution in [3.05, 3.63) is 64.2 Å². The Morgan fingerprint density at radius 3 is 2.83 bits per heavy atom. The lowest BCUT2D eigenvalue weighted by Crippen LogP contribution is -2.44. The molecule has 0 radical (unpaired) electrons. The molecule has 2 N–H and O–H groups in total. The van der Waals surface area contributed by atoms with Gasteiger partial charge in [-0.1, -0.05) is 23.7 Å². The van der Waals surface area contributed by atoms with E-state index >= 15 is 4.39 Å². The van der Waals surface area contributed by atoms with Crippen LogP contribution in [0.15, 0.2) is 36.5 Å². The molecule has 1 aliphatic rings. The molecule has 1 heterocycles. The van der Waals surface area contributed by atoms with Gasteiger partial charge in [0.25, 0.3) is 0 Å². The monoisotopic (exact) mass is 441 g/mol. The average Bonchev–Trinajstić information content (AvgIpc) is 2.71. The predicted octanol–water partition coefficient (Wildman–Crippen LogP) is 3.95. The van der Waals surface area contributed by atoms with Crippen LogP contribution < -0.4 is 0 Å². The van der Waals surface area contributed by atoms with Gasteiger partial charge in [0.2, 0.25) is 0 Å². The Labute approximate surface area is 177 Å². The van der Waals surface area contributed by atoms with E-state index in [-0.39, 0.29) is 54.3 Å². The van der Waals surface area contributed by atoms with Gasteiger partial charge >= 0.3 is 0 Å². The molecule has 8 heteroatoms. The van der Waals surface area contributed by atoms with Gasteiger partial charge in [-0.15, -0.1) is 0 Å². The van der Waals surface area contributed by atoms with E-state index in [9.17, 15) is 14.3 Å². The van der Waals surface area contributed by atoms with E-state index in [1.54, 1.807) is 6.07 Å². The Hall–Kier alpha value is -1.54. The van der Waals surface area contributed by atoms with Crippen LogP contribution in [-0.4, -0.2) is 39.1 Å². The Morgan fingerprint density at radius 1 is 1.31 bits per heavy atom. The smallest absolute Gasteiger partial charge is 0.195 e. The molecule has 156 valence electrons. The van der Waals surface area contributed by atoms with Crippen molar-refractivity contribution in [2.45, 2.75) is 37.0 Å². The van der Waals surface area contributed by atoms with Crippen LogP contribution in [0.4, 0.5) is 8.78 Å². The highest BCUT2D eigenvalue weighted by Gasteiger charge is 2.51. The molecule has 29 heavy (non-hydrogen) atoms. The fourth-order valence-electron chi connectivity index (χ4n) is 3.63. The number of carbonyl (C=O) groups is 1. The SMILES string of the molecule is O=C(CCc1ccc(F)cc1Cl)[C@]1(F)CC[C@@](O)(CSCCO)c2ncccc21. The number of aromatic nitrogens is 1. The lowest BCUT2D eigenvalue weighted by atomic mass is 9.73. The van der Waals surface area contributed by atoms with Crippen LogP contribution in [-0.2, 0) is 22.5 Å². The van der Waals surface area contributed by atoms with Gasteiger partial charge in [0.1, 0.15) is 11.4 Å². The zero-order valence-electron chi connectivity index (χ0n) is 15.7. The maximum absolute atomic E-state index is 15.9. The fourth-order valence-corrected chi connectivity index (χ4v) is 4.79. The van der Waals surface area contributed by atoms with Gasteiger partial charge in [0, 0.05) is 34.7 Å². The number of aryl methyl sites for hydroxylation is 1. The van der Waals surface area contributed by atoms with Crippen molar-refractivity contribution in [1.82, 2.24) is 4.98 Å². The van der Waals surface area contributed by atoms with Gasteiger partial charge in [-0.25, -0.2) is 8.78 Å². The zero-order chi connectivity index (χ0) is 21.1. The number of thioether (sulfide) groups is 1. The molecule has 0 bridgehead atoms. The number of alkyl halides is 1. The molecule has 2 atom stereocenters. The summed E-state index contributed by atoms with van der Waals surface area (Å²) >= 11 is 7.35. The van der Waals surface area contributed by atoms with Crippen molar-refractivity contribution in [2.24, 2.45) is 0 Å². The number of hydrogen-bond acceptors (Lipinski definition) is 5. The summed E-state index contributed by atoms with van der Waals surface area (Å²) in [6.45, 7) is -0.0205. The van der Waals surface area contributed by atoms with E-state index in [0.29, 0.717) is 11.3 Å². The third-order valence-corrected chi connectivity index (χ3v) is 6.72. The highest BCUT2D eigenvalue weighted by molar-refractivity contribution is 7.99. The quantitative estimate of drug-likeness (QED) is 0.607. The minimum absolute atomic E-state index is 0.0205. The number of rotatable bonds is 8. The first kappa shape index (κ1) is 22.2. The van der Waals surface area contributed by atoms with Crippen molar-refractivity contribution in [2.75, 3.05) is 18.1 Å². The van der Waals surface area contributed by atoms with Crippen molar-refractivity contribution >= 4 is 29.1 Å². The molecule has 1 aromatic heterocycles. The Morgan fingerprint density at radius 2 is 2.10 bits per heavy atom. The third kappa shape index (κ3) is 4.63. The molecule has 0 saturated carbocycles. The first-order valence-electron chi connectivity index (χ1n) is 9.33. The summed E-state index contributed by atoms with van der Waals surface area (Å²) in [5.74, 6) is -0.384. The van der Waals surface area contributed by atoms with Crippen molar-refractivity contribution in [1.29, 1.82) is 0 Å². The van der Waals surface area contributed by atoms with Crippen molar-refractivity contribution in [3.8, 4) is 0 Å². The molecule has 4 nitrogen and oxygen atoms in total. The minimum atomic E-state index is -2.25. The lowest BCUT2D eigenvalue weighted by Gasteiger charge is -2.39. The highest BCUT2D eigenvalue weighted by atomic mass is 35.5. The highest BCUT2D eigenvalue weighted by Crippen LogP contribution is 2.47. The Bertz CT molecular complexity index is 900. The summed E-state index contributed by atoms with van der Waals surface area (Å²) in [4.78, 5) is 17.1. The maximum Gasteiger partial charge on any atom is 0.195 e. The summed E-state index contributed by atoms with van der Waals surface area (Å²) in [5.41, 5.74) is -2.76. The lowest BCUT2D eigenvalue weighted by molar-refractivity contribution is -0.134. The van der Waals surface area contributed by atoms with Crippen LogP contribution in [0.25, 0.3) is 0 Å². The van der Waals surface area contributed by atoms with E-state index in [4.69, 9.17) is 16.7 Å². The van der Waals surface area contributed by atoms with Gasteiger partial charge in [0.05, 0.1) is 12.3 Å². The summed E-state index contributed by atoms with van der Waals surface area (Å²) < 4.78 is 29.1. The second-order valence-electron chi connectivity index (χ2n) is 7.17. The van der Waals surface area contributed by atoms with E-state index in [2.05, 4.69) is 4.98 Å². The standard InChI is InChI=1S/C21H22ClF2NO3S/c22-17-12-15(23)5-3-14(17)4-6-18(27)21(24)8-7-20(28,13-29-11-10-26)19-16(21)2-1-9-25-19/h1-3,5,9,12,26,28H,4,6-8,10-11,13H2/t20-,21+/m1/s1. The van der Waals surface area contributed by atoms with Crippen LogP contribution in [0.2, 0.25) is 5.02 Å². The number of Topliss-reactive ketones (excluding diaryl/α,β-unsaturated/α-hetero) is 1. The first-order valence-corrected chi connectivity index (χ1v) is 10.9. The number of benzene rings is 1. The molecule has 1 aromatic carbocycles. The van der Waals surface area contributed by atoms with Crippen molar-refractivity contribution < 1.29 is 23.8 Å². The molecule has 0 unspecified atom stereocenters. The number of aliphatic hydroxyl groups excluding tert-OH is 1. The van der Waals surface area contributed by atoms with Crippen LogP contribution in [0.3, 0.4) is 0 Å². The maximum atomic E-state index is 15.9. The topological polar surface area (TPSA) is 70.4 Å². The van der Waals surface area contributed by atoms with Gasteiger partial charge in [-0.2, -0.15) is 11.8 Å².